The highest BCUT2D eigenvalue weighted by Crippen LogP contribution is 2.24. The van der Waals surface area contributed by atoms with E-state index in [0.29, 0.717) is 0 Å². The van der Waals surface area contributed by atoms with Crippen molar-refractivity contribution in [1.29, 1.82) is 0 Å². The topological polar surface area (TPSA) is 66.0 Å². The highest BCUT2D eigenvalue weighted by atomic mass is 19.1. The third-order valence-electron chi connectivity index (χ3n) is 1.98. The van der Waals surface area contributed by atoms with Gasteiger partial charge in [-0.1, -0.05) is 18.2 Å². The highest BCUT2D eigenvalue weighted by Gasteiger charge is 2.13. The maximum atomic E-state index is 13.3. The van der Waals surface area contributed by atoms with Gasteiger partial charge in [0.15, 0.2) is 0 Å². The summed E-state index contributed by atoms with van der Waals surface area (Å²) in [6.45, 7) is 0. The molecule has 0 saturated heterocycles. The smallest absolute Gasteiger partial charge is 0.262 e. The Bertz CT molecular complexity index is 551. The lowest BCUT2D eigenvalue weighted by Gasteiger charge is -2.02. The van der Waals surface area contributed by atoms with Crippen LogP contribution in [0.2, 0.25) is 0 Å². The molecule has 0 bridgehead atoms. The minimum absolute atomic E-state index is 0.0318. The van der Waals surface area contributed by atoms with Crippen LogP contribution in [0.3, 0.4) is 0 Å². The summed E-state index contributed by atoms with van der Waals surface area (Å²) in [5.41, 5.74) is -0.701. The number of H-pyrrole nitrogens is 1. The summed E-state index contributed by atoms with van der Waals surface area (Å²) in [7, 11) is 0. The van der Waals surface area contributed by atoms with E-state index in [9.17, 15) is 14.3 Å². The van der Waals surface area contributed by atoms with Crippen LogP contribution < -0.4 is 5.56 Å². The Kier molecular flexibility index (Phi) is 2.21. The number of aromatic amines is 1. The first-order valence-corrected chi connectivity index (χ1v) is 4.21. The van der Waals surface area contributed by atoms with Crippen molar-refractivity contribution in [2.75, 3.05) is 0 Å². The Labute approximate surface area is 84.0 Å². The normalized spacial score (nSPS) is 10.2. The molecule has 0 spiro atoms. The first-order valence-electron chi connectivity index (χ1n) is 4.21. The molecule has 0 aliphatic carbocycles. The van der Waals surface area contributed by atoms with Gasteiger partial charge in [-0.3, -0.25) is 4.79 Å². The van der Waals surface area contributed by atoms with E-state index in [-0.39, 0.29) is 11.1 Å². The number of hydrogen-bond donors (Lipinski definition) is 2. The molecule has 15 heavy (non-hydrogen) atoms. The summed E-state index contributed by atoms with van der Waals surface area (Å²) in [5, 5.41) is 9.37. The number of halogens is 1. The molecule has 0 fully saturated rings. The van der Waals surface area contributed by atoms with Gasteiger partial charge in [0.25, 0.3) is 5.56 Å². The van der Waals surface area contributed by atoms with E-state index in [1.54, 1.807) is 6.07 Å². The third-order valence-corrected chi connectivity index (χ3v) is 1.98. The first-order chi connectivity index (χ1) is 7.20. The van der Waals surface area contributed by atoms with Crippen LogP contribution in [-0.4, -0.2) is 15.1 Å². The van der Waals surface area contributed by atoms with Gasteiger partial charge < -0.3 is 10.1 Å². The molecule has 76 valence electrons. The van der Waals surface area contributed by atoms with Crippen molar-refractivity contribution in [3.8, 4) is 17.0 Å². The third kappa shape index (κ3) is 1.59. The van der Waals surface area contributed by atoms with Crippen LogP contribution in [0.1, 0.15) is 0 Å². The van der Waals surface area contributed by atoms with Crippen LogP contribution in [0.5, 0.6) is 5.88 Å². The predicted molar refractivity (Wildman–Crippen MR) is 51.9 cm³/mol. The van der Waals surface area contributed by atoms with Crippen LogP contribution in [0.15, 0.2) is 35.4 Å². The largest absolute Gasteiger partial charge is 0.493 e. The molecular formula is C10H7FN2O2. The van der Waals surface area contributed by atoms with E-state index in [1.165, 1.54) is 18.2 Å². The zero-order valence-electron chi connectivity index (χ0n) is 7.57. The van der Waals surface area contributed by atoms with Crippen LogP contribution in [0.25, 0.3) is 11.1 Å². The molecule has 4 nitrogen and oxygen atoms in total. The van der Waals surface area contributed by atoms with Gasteiger partial charge in [-0.05, 0) is 6.07 Å². The SMILES string of the molecule is O=c1[nH]cnc(O)c1-c1ccccc1F. The van der Waals surface area contributed by atoms with Gasteiger partial charge in [0.05, 0.1) is 6.33 Å². The summed E-state index contributed by atoms with van der Waals surface area (Å²) in [6.07, 6.45) is 1.06. The first kappa shape index (κ1) is 9.39. The number of nitrogens with one attached hydrogen (secondary N) is 1. The second-order valence-corrected chi connectivity index (χ2v) is 2.91. The number of benzene rings is 1. The lowest BCUT2D eigenvalue weighted by molar-refractivity contribution is 0.452. The maximum absolute atomic E-state index is 13.3. The van der Waals surface area contributed by atoms with E-state index >= 15 is 0 Å². The quantitative estimate of drug-likeness (QED) is 0.738. The number of nitrogens with zero attached hydrogens (tertiary/aromatic N) is 1. The molecule has 5 heteroatoms. The number of rotatable bonds is 1. The molecule has 2 rings (SSSR count). The Balaban J connectivity index is 2.75. The molecule has 0 unspecified atom stereocenters. The molecular weight excluding hydrogens is 199 g/mol. The van der Waals surface area contributed by atoms with Crippen molar-refractivity contribution in [2.24, 2.45) is 0 Å². The molecule has 1 aromatic carbocycles. The van der Waals surface area contributed by atoms with Gasteiger partial charge in [0.2, 0.25) is 5.88 Å². The van der Waals surface area contributed by atoms with Crippen molar-refractivity contribution in [3.63, 3.8) is 0 Å². The van der Waals surface area contributed by atoms with Gasteiger partial charge >= 0.3 is 0 Å². The van der Waals surface area contributed by atoms with Gasteiger partial charge in [0.1, 0.15) is 11.4 Å². The number of aromatic nitrogens is 2. The fraction of sp³-hybridized carbons (Fsp3) is 0. The molecule has 0 aliphatic heterocycles. The molecule has 0 radical (unpaired) electrons. The van der Waals surface area contributed by atoms with Gasteiger partial charge in [-0.25, -0.2) is 9.37 Å². The van der Waals surface area contributed by atoms with Gasteiger partial charge in [0, 0.05) is 5.56 Å². The lowest BCUT2D eigenvalue weighted by atomic mass is 10.1. The molecule has 0 amide bonds. The summed E-state index contributed by atoms with van der Waals surface area (Å²) in [4.78, 5) is 17.1. The Morgan fingerprint density at radius 3 is 2.73 bits per heavy atom. The summed E-state index contributed by atoms with van der Waals surface area (Å²) in [6, 6.07) is 5.69. The van der Waals surface area contributed by atoms with Crippen molar-refractivity contribution in [1.82, 2.24) is 9.97 Å². The van der Waals surface area contributed by atoms with E-state index < -0.39 is 17.3 Å². The van der Waals surface area contributed by atoms with Crippen molar-refractivity contribution >= 4 is 0 Å². The molecule has 2 aromatic rings. The lowest BCUT2D eigenvalue weighted by Crippen LogP contribution is -2.09. The van der Waals surface area contributed by atoms with Crippen LogP contribution >= 0.6 is 0 Å². The van der Waals surface area contributed by atoms with Crippen molar-refractivity contribution in [2.45, 2.75) is 0 Å². The van der Waals surface area contributed by atoms with Crippen LogP contribution in [0, 0.1) is 5.82 Å². The molecule has 0 saturated carbocycles. The Hall–Kier alpha value is -2.17. The van der Waals surface area contributed by atoms with Crippen LogP contribution in [0.4, 0.5) is 4.39 Å². The number of hydrogen-bond acceptors (Lipinski definition) is 3. The van der Waals surface area contributed by atoms with Crippen LogP contribution in [-0.2, 0) is 0 Å². The molecule has 0 aliphatic rings. The molecule has 0 atom stereocenters. The minimum atomic E-state index is -0.577. The second kappa shape index (κ2) is 3.53. The van der Waals surface area contributed by atoms with Gasteiger partial charge in [-0.15, -0.1) is 0 Å². The Morgan fingerprint density at radius 1 is 1.33 bits per heavy atom. The minimum Gasteiger partial charge on any atom is -0.493 e. The Morgan fingerprint density at radius 2 is 2.07 bits per heavy atom. The monoisotopic (exact) mass is 206 g/mol. The van der Waals surface area contributed by atoms with E-state index in [2.05, 4.69) is 9.97 Å². The summed E-state index contributed by atoms with van der Waals surface area (Å²) in [5.74, 6) is -1.06. The van der Waals surface area contributed by atoms with Crippen molar-refractivity contribution < 1.29 is 9.50 Å². The zero-order valence-corrected chi connectivity index (χ0v) is 7.57. The average molecular weight is 206 g/mol. The predicted octanol–water partition coefficient (Wildman–Crippen LogP) is 1.28. The average Bonchev–Trinajstić information content (AvgIpc) is 2.20. The zero-order chi connectivity index (χ0) is 10.8. The summed E-state index contributed by atoms with van der Waals surface area (Å²) < 4.78 is 13.3. The highest BCUT2D eigenvalue weighted by molar-refractivity contribution is 5.67. The van der Waals surface area contributed by atoms with E-state index in [0.717, 1.165) is 6.33 Å². The van der Waals surface area contributed by atoms with E-state index in [4.69, 9.17) is 0 Å². The van der Waals surface area contributed by atoms with Gasteiger partial charge in [-0.2, -0.15) is 0 Å². The molecule has 1 aromatic heterocycles. The fourth-order valence-electron chi connectivity index (χ4n) is 1.30. The number of aromatic hydroxyl groups is 1. The fourth-order valence-corrected chi connectivity index (χ4v) is 1.30. The van der Waals surface area contributed by atoms with Crippen molar-refractivity contribution in [3.05, 3.63) is 46.8 Å². The molecule has 2 N–H and O–H groups in total. The van der Waals surface area contributed by atoms with E-state index in [1.807, 2.05) is 0 Å². The summed E-state index contributed by atoms with van der Waals surface area (Å²) >= 11 is 0. The standard InChI is InChI=1S/C10H7FN2O2/c11-7-4-2-1-3-6(7)8-9(14)12-5-13-10(8)15/h1-5H,(H2,12,13,14,15). The second-order valence-electron chi connectivity index (χ2n) is 2.91. The molecule has 1 heterocycles. The maximum Gasteiger partial charge on any atom is 0.262 e.